The molecule has 0 fully saturated rings. The van der Waals surface area contributed by atoms with Gasteiger partial charge in [0.05, 0.1) is 17.8 Å². The molecule has 0 unspecified atom stereocenters. The number of hydrogen-bond donors (Lipinski definition) is 1. The molecule has 1 aromatic carbocycles. The number of carbonyl (C=O) groups excluding carboxylic acids is 2. The van der Waals surface area contributed by atoms with Gasteiger partial charge in [0.15, 0.2) is 4.34 Å². The standard InChI is InChI=1S/C12H10N4O5S2/c1-21-9(17)6-22-12-15-14-11(23-12)13-10(18)7-3-2-4-8(5-7)16(19)20/h2-5H,6H2,1H3,(H,13,14,18). The summed E-state index contributed by atoms with van der Waals surface area (Å²) in [6, 6.07) is 5.34. The third kappa shape index (κ3) is 4.72. The third-order valence-electron chi connectivity index (χ3n) is 2.49. The van der Waals surface area contributed by atoms with Gasteiger partial charge in [0.2, 0.25) is 5.13 Å². The van der Waals surface area contributed by atoms with Crippen LogP contribution in [0.3, 0.4) is 0 Å². The van der Waals surface area contributed by atoms with Crippen LogP contribution in [0.15, 0.2) is 28.6 Å². The second kappa shape index (κ2) is 7.65. The number of benzene rings is 1. The van der Waals surface area contributed by atoms with Gasteiger partial charge in [0.25, 0.3) is 11.6 Å². The van der Waals surface area contributed by atoms with Gasteiger partial charge in [-0.1, -0.05) is 29.2 Å². The summed E-state index contributed by atoms with van der Waals surface area (Å²) in [6.07, 6.45) is 0. The molecule has 0 spiro atoms. The third-order valence-corrected chi connectivity index (χ3v) is 4.43. The second-order valence-corrected chi connectivity index (χ2v) is 6.20. The molecule has 1 amide bonds. The van der Waals surface area contributed by atoms with Gasteiger partial charge in [-0.2, -0.15) is 0 Å². The van der Waals surface area contributed by atoms with Gasteiger partial charge in [0.1, 0.15) is 0 Å². The fourth-order valence-corrected chi connectivity index (χ4v) is 3.01. The molecule has 0 saturated carbocycles. The van der Waals surface area contributed by atoms with Gasteiger partial charge in [0, 0.05) is 17.7 Å². The van der Waals surface area contributed by atoms with Crippen molar-refractivity contribution < 1.29 is 19.2 Å². The van der Waals surface area contributed by atoms with E-state index in [0.29, 0.717) is 4.34 Å². The second-order valence-electron chi connectivity index (χ2n) is 4.00. The quantitative estimate of drug-likeness (QED) is 0.274. The van der Waals surface area contributed by atoms with Crippen LogP contribution in [-0.2, 0) is 9.53 Å². The lowest BCUT2D eigenvalue weighted by atomic mass is 10.2. The number of nitrogens with zero attached hydrogens (tertiary/aromatic N) is 3. The average molecular weight is 354 g/mol. The Morgan fingerprint density at radius 2 is 2.22 bits per heavy atom. The normalized spacial score (nSPS) is 10.1. The van der Waals surface area contributed by atoms with E-state index in [9.17, 15) is 19.7 Å². The number of methoxy groups -OCH3 is 1. The molecule has 0 aliphatic carbocycles. The molecular weight excluding hydrogens is 344 g/mol. The van der Waals surface area contributed by atoms with Crippen molar-refractivity contribution in [2.75, 3.05) is 18.2 Å². The van der Waals surface area contributed by atoms with Crippen molar-refractivity contribution in [2.24, 2.45) is 0 Å². The minimum absolute atomic E-state index is 0.0873. The molecule has 1 aromatic heterocycles. The Morgan fingerprint density at radius 1 is 1.43 bits per heavy atom. The van der Waals surface area contributed by atoms with Gasteiger partial charge < -0.3 is 4.74 Å². The first-order valence-corrected chi connectivity index (χ1v) is 7.88. The lowest BCUT2D eigenvalue weighted by Gasteiger charge is -2.00. The number of thioether (sulfide) groups is 1. The molecule has 0 aliphatic rings. The lowest BCUT2D eigenvalue weighted by Crippen LogP contribution is -2.11. The number of rotatable bonds is 6. The number of ether oxygens (including phenoxy) is 1. The molecule has 2 aromatic rings. The summed E-state index contributed by atoms with van der Waals surface area (Å²) < 4.78 is 4.99. The monoisotopic (exact) mass is 354 g/mol. The maximum atomic E-state index is 12.0. The average Bonchev–Trinajstić information content (AvgIpc) is 3.00. The molecule has 0 saturated heterocycles. The number of amides is 1. The Labute approximate surface area is 138 Å². The first kappa shape index (κ1) is 16.8. The molecule has 1 N–H and O–H groups in total. The summed E-state index contributed by atoms with van der Waals surface area (Å²) in [5, 5.41) is 21.0. The Kier molecular flexibility index (Phi) is 5.60. The summed E-state index contributed by atoms with van der Waals surface area (Å²) in [4.78, 5) is 33.2. The number of carbonyl (C=O) groups is 2. The number of anilines is 1. The number of esters is 1. The highest BCUT2D eigenvalue weighted by Crippen LogP contribution is 2.26. The maximum absolute atomic E-state index is 12.0. The molecule has 2 rings (SSSR count). The topological polar surface area (TPSA) is 124 Å². The summed E-state index contributed by atoms with van der Waals surface area (Å²) in [6.45, 7) is 0. The Balaban J connectivity index is 2.00. The predicted octanol–water partition coefficient (Wildman–Crippen LogP) is 1.96. The molecule has 0 atom stereocenters. The van der Waals surface area contributed by atoms with Gasteiger partial charge in [-0.05, 0) is 6.07 Å². The molecule has 120 valence electrons. The molecule has 0 bridgehead atoms. The molecule has 0 aliphatic heterocycles. The van der Waals surface area contributed by atoms with Crippen molar-refractivity contribution in [2.45, 2.75) is 4.34 Å². The molecule has 9 nitrogen and oxygen atoms in total. The Hall–Kier alpha value is -2.53. The van der Waals surface area contributed by atoms with Crippen molar-refractivity contribution in [1.29, 1.82) is 0 Å². The zero-order valence-corrected chi connectivity index (χ0v) is 13.3. The zero-order valence-electron chi connectivity index (χ0n) is 11.7. The number of nitro groups is 1. The summed E-state index contributed by atoms with van der Waals surface area (Å²) in [7, 11) is 1.29. The van der Waals surface area contributed by atoms with Crippen molar-refractivity contribution in [1.82, 2.24) is 10.2 Å². The highest BCUT2D eigenvalue weighted by molar-refractivity contribution is 8.01. The first-order chi connectivity index (χ1) is 11.0. The highest BCUT2D eigenvalue weighted by atomic mass is 32.2. The maximum Gasteiger partial charge on any atom is 0.316 e. The van der Waals surface area contributed by atoms with E-state index in [-0.39, 0.29) is 22.1 Å². The van der Waals surface area contributed by atoms with Crippen LogP contribution >= 0.6 is 23.1 Å². The highest BCUT2D eigenvalue weighted by Gasteiger charge is 2.14. The molecule has 23 heavy (non-hydrogen) atoms. The summed E-state index contributed by atoms with van der Waals surface area (Å²) >= 11 is 2.22. The van der Waals surface area contributed by atoms with Crippen LogP contribution < -0.4 is 5.32 Å². The fourth-order valence-electron chi connectivity index (χ4n) is 1.43. The molecule has 11 heteroatoms. The van der Waals surface area contributed by atoms with E-state index in [1.807, 2.05) is 0 Å². The fraction of sp³-hybridized carbons (Fsp3) is 0.167. The molecular formula is C12H10N4O5S2. The van der Waals surface area contributed by atoms with Crippen molar-refractivity contribution >= 4 is 45.8 Å². The van der Waals surface area contributed by atoms with Crippen molar-refractivity contribution in [3.8, 4) is 0 Å². The smallest absolute Gasteiger partial charge is 0.316 e. The number of hydrogen-bond acceptors (Lipinski definition) is 9. The number of nitrogens with one attached hydrogen (secondary N) is 1. The van der Waals surface area contributed by atoms with Crippen LogP contribution in [0.25, 0.3) is 0 Å². The van der Waals surface area contributed by atoms with Crippen LogP contribution in [0.1, 0.15) is 10.4 Å². The van der Waals surface area contributed by atoms with E-state index >= 15 is 0 Å². The van der Waals surface area contributed by atoms with E-state index in [1.165, 1.54) is 31.4 Å². The predicted molar refractivity (Wildman–Crippen MR) is 83.7 cm³/mol. The van der Waals surface area contributed by atoms with Crippen LogP contribution in [0, 0.1) is 10.1 Å². The first-order valence-electron chi connectivity index (χ1n) is 6.08. The van der Waals surface area contributed by atoms with E-state index < -0.39 is 16.8 Å². The van der Waals surface area contributed by atoms with Crippen molar-refractivity contribution in [3.63, 3.8) is 0 Å². The Morgan fingerprint density at radius 3 is 2.91 bits per heavy atom. The van der Waals surface area contributed by atoms with E-state index in [1.54, 1.807) is 0 Å². The van der Waals surface area contributed by atoms with Crippen LogP contribution in [0.2, 0.25) is 0 Å². The van der Waals surface area contributed by atoms with Crippen LogP contribution in [0.4, 0.5) is 10.8 Å². The van der Waals surface area contributed by atoms with E-state index in [2.05, 4.69) is 20.3 Å². The summed E-state index contributed by atoms with van der Waals surface area (Å²) in [5.41, 5.74) is -0.0394. The largest absolute Gasteiger partial charge is 0.468 e. The van der Waals surface area contributed by atoms with Crippen molar-refractivity contribution in [3.05, 3.63) is 39.9 Å². The SMILES string of the molecule is COC(=O)CSc1nnc(NC(=O)c2cccc([N+](=O)[O-])c2)s1. The molecule has 0 radical (unpaired) electrons. The van der Waals surface area contributed by atoms with E-state index in [0.717, 1.165) is 23.1 Å². The lowest BCUT2D eigenvalue weighted by molar-refractivity contribution is -0.384. The minimum atomic E-state index is -0.580. The number of non-ortho nitro benzene ring substituents is 1. The van der Waals surface area contributed by atoms with Gasteiger partial charge in [-0.15, -0.1) is 10.2 Å². The Bertz CT molecular complexity index is 749. The molecule has 1 heterocycles. The summed E-state index contributed by atoms with van der Waals surface area (Å²) in [5.74, 6) is -0.842. The van der Waals surface area contributed by atoms with Crippen LogP contribution in [0.5, 0.6) is 0 Å². The minimum Gasteiger partial charge on any atom is -0.468 e. The number of nitro benzene ring substituents is 1. The van der Waals surface area contributed by atoms with Gasteiger partial charge in [-0.25, -0.2) is 0 Å². The zero-order chi connectivity index (χ0) is 16.8. The van der Waals surface area contributed by atoms with E-state index in [4.69, 9.17) is 0 Å². The van der Waals surface area contributed by atoms with Crippen LogP contribution in [-0.4, -0.2) is 39.9 Å². The number of aromatic nitrogens is 2. The van der Waals surface area contributed by atoms with Gasteiger partial charge >= 0.3 is 5.97 Å². The van der Waals surface area contributed by atoms with Gasteiger partial charge in [-0.3, -0.25) is 25.0 Å².